The summed E-state index contributed by atoms with van der Waals surface area (Å²) in [4.78, 5) is 8.90. The molecule has 1 aliphatic heterocycles. The van der Waals surface area contributed by atoms with Gasteiger partial charge in [-0.05, 0) is 20.3 Å². The van der Waals surface area contributed by atoms with E-state index in [0.29, 0.717) is 6.04 Å². The van der Waals surface area contributed by atoms with Crippen molar-refractivity contribution in [2.45, 2.75) is 38.1 Å². The van der Waals surface area contributed by atoms with E-state index in [1.807, 2.05) is 6.92 Å². The lowest BCUT2D eigenvalue weighted by Crippen LogP contribution is -2.26. The first-order valence-electron chi connectivity index (χ1n) is 4.30. The van der Waals surface area contributed by atoms with Gasteiger partial charge in [0.05, 0.1) is 5.60 Å². The van der Waals surface area contributed by atoms with E-state index in [1.165, 1.54) is 0 Å². The van der Waals surface area contributed by atoms with E-state index in [9.17, 15) is 18.3 Å². The largest absolute Gasteiger partial charge is 0.490 e. The van der Waals surface area contributed by atoms with Gasteiger partial charge in [0.1, 0.15) is 0 Å². The quantitative estimate of drug-likeness (QED) is 0.573. The molecule has 1 fully saturated rings. The molecule has 0 aliphatic carbocycles. The van der Waals surface area contributed by atoms with Crippen LogP contribution in [0.3, 0.4) is 0 Å². The van der Waals surface area contributed by atoms with Crippen molar-refractivity contribution >= 4 is 5.97 Å². The third kappa shape index (κ3) is 6.29. The Kier molecular flexibility index (Phi) is 4.54. The van der Waals surface area contributed by atoms with E-state index in [-0.39, 0.29) is 0 Å². The highest BCUT2D eigenvalue weighted by Crippen LogP contribution is 2.16. The van der Waals surface area contributed by atoms with E-state index in [4.69, 9.17) is 9.90 Å². The third-order valence-corrected chi connectivity index (χ3v) is 1.82. The van der Waals surface area contributed by atoms with Crippen LogP contribution < -0.4 is 5.32 Å². The first-order valence-corrected chi connectivity index (χ1v) is 4.30. The van der Waals surface area contributed by atoms with Crippen LogP contribution in [-0.2, 0) is 4.79 Å². The molecule has 0 aromatic heterocycles. The number of carboxylic acid groups (broad SMARTS) is 1. The van der Waals surface area contributed by atoms with Gasteiger partial charge >= 0.3 is 12.1 Å². The number of aliphatic carboxylic acids is 1. The fourth-order valence-electron chi connectivity index (χ4n) is 1.20. The average molecular weight is 229 g/mol. The number of carbonyl (C=O) groups is 1. The van der Waals surface area contributed by atoms with Crippen molar-refractivity contribution in [1.82, 2.24) is 5.32 Å². The summed E-state index contributed by atoms with van der Waals surface area (Å²) in [5, 5.41) is 19.6. The van der Waals surface area contributed by atoms with E-state index in [2.05, 4.69) is 12.2 Å². The summed E-state index contributed by atoms with van der Waals surface area (Å²) >= 11 is 0. The molecule has 4 nitrogen and oxygen atoms in total. The monoisotopic (exact) mass is 229 g/mol. The molecule has 1 heterocycles. The van der Waals surface area contributed by atoms with Gasteiger partial charge in [0.15, 0.2) is 0 Å². The number of carboxylic acids is 1. The molecule has 0 bridgehead atoms. The third-order valence-electron chi connectivity index (χ3n) is 1.82. The van der Waals surface area contributed by atoms with Crippen LogP contribution in [0.15, 0.2) is 0 Å². The molecule has 3 N–H and O–H groups in total. The van der Waals surface area contributed by atoms with Crippen molar-refractivity contribution in [3.8, 4) is 0 Å². The van der Waals surface area contributed by atoms with E-state index < -0.39 is 17.7 Å². The topological polar surface area (TPSA) is 69.6 Å². The summed E-state index contributed by atoms with van der Waals surface area (Å²) in [6.45, 7) is 4.69. The van der Waals surface area contributed by atoms with Gasteiger partial charge in [-0.1, -0.05) is 0 Å². The highest BCUT2D eigenvalue weighted by molar-refractivity contribution is 5.73. The summed E-state index contributed by atoms with van der Waals surface area (Å²) in [6, 6.07) is 0.491. The van der Waals surface area contributed by atoms with Gasteiger partial charge in [0.25, 0.3) is 0 Å². The number of halogens is 3. The molecule has 0 aromatic carbocycles. The summed E-state index contributed by atoms with van der Waals surface area (Å²) in [7, 11) is 0. The number of hydrogen-bond acceptors (Lipinski definition) is 3. The Morgan fingerprint density at radius 1 is 1.53 bits per heavy atom. The predicted octanol–water partition coefficient (Wildman–Crippen LogP) is 0.752. The molecule has 0 aromatic rings. The van der Waals surface area contributed by atoms with Crippen LogP contribution in [0.25, 0.3) is 0 Å². The van der Waals surface area contributed by atoms with Gasteiger partial charge in [0.2, 0.25) is 0 Å². The highest BCUT2D eigenvalue weighted by Gasteiger charge is 2.38. The molecule has 0 unspecified atom stereocenters. The van der Waals surface area contributed by atoms with Gasteiger partial charge < -0.3 is 15.5 Å². The molecule has 0 saturated carbocycles. The van der Waals surface area contributed by atoms with Crippen LogP contribution >= 0.6 is 0 Å². The SMILES string of the molecule is C[C@@H]1C[C@](C)(O)CN1.O=C(O)C(F)(F)F. The Morgan fingerprint density at radius 3 is 2.00 bits per heavy atom. The van der Waals surface area contributed by atoms with Crippen molar-refractivity contribution < 1.29 is 28.2 Å². The molecular formula is C8H14F3NO3. The van der Waals surface area contributed by atoms with Gasteiger partial charge in [0, 0.05) is 12.6 Å². The molecule has 15 heavy (non-hydrogen) atoms. The number of β-amino-alcohol motifs (C(OH)–C–C–N with tert-alkyl or cyclic N) is 1. The second-order valence-electron chi connectivity index (χ2n) is 3.79. The maximum Gasteiger partial charge on any atom is 0.490 e. The van der Waals surface area contributed by atoms with Crippen LogP contribution in [0.4, 0.5) is 13.2 Å². The Labute approximate surface area is 85.1 Å². The van der Waals surface area contributed by atoms with Crippen LogP contribution in [0.2, 0.25) is 0 Å². The van der Waals surface area contributed by atoms with Gasteiger partial charge in [-0.15, -0.1) is 0 Å². The molecule has 2 atom stereocenters. The van der Waals surface area contributed by atoms with Gasteiger partial charge in [-0.2, -0.15) is 13.2 Å². The second kappa shape index (κ2) is 4.80. The molecular weight excluding hydrogens is 215 g/mol. The summed E-state index contributed by atoms with van der Waals surface area (Å²) in [5.74, 6) is -2.76. The summed E-state index contributed by atoms with van der Waals surface area (Å²) in [6.07, 6.45) is -4.20. The maximum absolute atomic E-state index is 10.6. The first kappa shape index (κ1) is 14.2. The number of rotatable bonds is 0. The number of aliphatic hydroxyl groups is 1. The van der Waals surface area contributed by atoms with E-state index in [0.717, 1.165) is 13.0 Å². The van der Waals surface area contributed by atoms with Crippen molar-refractivity contribution in [3.05, 3.63) is 0 Å². The fourth-order valence-corrected chi connectivity index (χ4v) is 1.20. The second-order valence-corrected chi connectivity index (χ2v) is 3.79. The maximum atomic E-state index is 10.6. The van der Waals surface area contributed by atoms with Crippen molar-refractivity contribution in [3.63, 3.8) is 0 Å². The van der Waals surface area contributed by atoms with Crippen molar-refractivity contribution in [2.75, 3.05) is 6.54 Å². The summed E-state index contributed by atoms with van der Waals surface area (Å²) < 4.78 is 31.7. The fraction of sp³-hybridized carbons (Fsp3) is 0.875. The van der Waals surface area contributed by atoms with E-state index in [1.54, 1.807) is 0 Å². The van der Waals surface area contributed by atoms with Crippen molar-refractivity contribution in [1.29, 1.82) is 0 Å². The molecule has 0 radical (unpaired) electrons. The molecule has 1 aliphatic rings. The van der Waals surface area contributed by atoms with Crippen molar-refractivity contribution in [2.24, 2.45) is 0 Å². The Balaban J connectivity index is 0.000000265. The Bertz CT molecular complexity index is 228. The lowest BCUT2D eigenvalue weighted by molar-refractivity contribution is -0.192. The van der Waals surface area contributed by atoms with Gasteiger partial charge in [-0.3, -0.25) is 0 Å². The predicted molar refractivity (Wildman–Crippen MR) is 46.4 cm³/mol. The molecule has 0 amide bonds. The smallest absolute Gasteiger partial charge is 0.475 e. The summed E-state index contributed by atoms with van der Waals surface area (Å²) in [5.41, 5.74) is -0.445. The van der Waals surface area contributed by atoms with E-state index >= 15 is 0 Å². The Hall–Kier alpha value is -0.820. The standard InChI is InChI=1S/C6H13NO.C2HF3O2/c1-5-3-6(2,8)4-7-5;3-2(4,5)1(6)7/h5,7-8H,3-4H2,1-2H3;(H,6,7)/t5-,6+;/m1./s1. The normalized spacial score (nSPS) is 30.7. The highest BCUT2D eigenvalue weighted by atomic mass is 19.4. The van der Waals surface area contributed by atoms with Crippen LogP contribution in [0.1, 0.15) is 20.3 Å². The number of nitrogens with one attached hydrogen (secondary N) is 1. The molecule has 0 spiro atoms. The Morgan fingerprint density at radius 2 is 1.93 bits per heavy atom. The molecule has 90 valence electrons. The minimum absolute atomic E-state index is 0.445. The van der Waals surface area contributed by atoms with Crippen LogP contribution in [-0.4, -0.2) is 40.5 Å². The van der Waals surface area contributed by atoms with Crippen LogP contribution in [0, 0.1) is 0 Å². The number of hydrogen-bond donors (Lipinski definition) is 3. The molecule has 1 rings (SSSR count). The minimum atomic E-state index is -5.08. The average Bonchev–Trinajstić information content (AvgIpc) is 2.28. The molecule has 1 saturated heterocycles. The van der Waals surface area contributed by atoms with Crippen LogP contribution in [0.5, 0.6) is 0 Å². The molecule has 7 heteroatoms. The lowest BCUT2D eigenvalue weighted by atomic mass is 10.0. The number of alkyl halides is 3. The lowest BCUT2D eigenvalue weighted by Gasteiger charge is -2.12. The first-order chi connectivity index (χ1) is 6.54. The minimum Gasteiger partial charge on any atom is -0.475 e. The van der Waals surface area contributed by atoms with Gasteiger partial charge in [-0.25, -0.2) is 4.79 Å². The zero-order valence-corrected chi connectivity index (χ0v) is 8.43. The zero-order chi connectivity index (χ0) is 12.3. The zero-order valence-electron chi connectivity index (χ0n) is 8.43.